The molecule has 77 heavy (non-hydrogen) atoms. The maximum atomic E-state index is 7.76. The number of fused-ring (bicyclic) bond motifs is 6. The summed E-state index contributed by atoms with van der Waals surface area (Å²) in [5.74, 6) is 3.16. The smallest absolute Gasteiger partial charge is 0.342 e. The summed E-state index contributed by atoms with van der Waals surface area (Å²) in [4.78, 5) is 7.32. The van der Waals surface area contributed by atoms with Crippen molar-refractivity contribution in [3.8, 4) is 56.4 Å². The maximum Gasteiger partial charge on any atom is 0.342 e. The Bertz CT molecular complexity index is 3770. The highest BCUT2D eigenvalue weighted by Gasteiger charge is 2.52. The van der Waals surface area contributed by atoms with Crippen LogP contribution in [0, 0.1) is 0 Å². The predicted molar refractivity (Wildman–Crippen MR) is 319 cm³/mol. The minimum atomic E-state index is -0.502. The summed E-state index contributed by atoms with van der Waals surface area (Å²) in [6.45, 7) is 13.1. The molecule has 3 aliphatic rings. The molecule has 7 heteroatoms. The van der Waals surface area contributed by atoms with Crippen LogP contribution in [0.25, 0.3) is 44.9 Å². The topological polar surface area (TPSA) is 45.2 Å². The third kappa shape index (κ3) is 7.55. The molecule has 0 spiro atoms. The number of nitrogens with zero attached hydrogens (tertiary/aromatic N) is 3. The SMILES string of the molecule is CC(C)(C)c1ccc(N2c3cc(N4c5ccccc5Oc5ccccc54)cc4c3B(c3oc(-c5ccccc5)c(-c5ccccc5)c32)c2oc(-c3ccccc3)c(-c3ccccc3)c2N4c2ccc(C(C)(C)C)cc2)cc1. The van der Waals surface area contributed by atoms with Crippen molar-refractivity contribution in [3.63, 3.8) is 0 Å². The van der Waals surface area contributed by atoms with Gasteiger partial charge >= 0.3 is 6.71 Å². The number of hydrogen-bond donors (Lipinski definition) is 0. The number of hydrogen-bond acceptors (Lipinski definition) is 6. The number of para-hydroxylation sites is 4. The molecule has 6 nitrogen and oxygen atoms in total. The molecule has 0 atom stereocenters. The summed E-state index contributed by atoms with van der Waals surface area (Å²) in [5, 5.41) is 0. The fourth-order valence-electron chi connectivity index (χ4n) is 11.8. The van der Waals surface area contributed by atoms with E-state index in [9.17, 15) is 0 Å². The van der Waals surface area contributed by atoms with Crippen LogP contribution in [0.3, 0.4) is 0 Å². The molecule has 9 aromatic carbocycles. The largest absolute Gasteiger partial charge is 0.467 e. The molecule has 0 unspecified atom stereocenters. The van der Waals surface area contributed by atoms with Crippen LogP contribution in [0.4, 0.5) is 51.2 Å². The molecule has 5 heterocycles. The lowest BCUT2D eigenvalue weighted by Gasteiger charge is -2.42. The van der Waals surface area contributed by atoms with Gasteiger partial charge in [0.2, 0.25) is 0 Å². The molecule has 0 fully saturated rings. The Morgan fingerprint density at radius 1 is 0.338 bits per heavy atom. The Kier molecular flexibility index (Phi) is 10.7. The van der Waals surface area contributed by atoms with Crippen LogP contribution >= 0.6 is 0 Å². The van der Waals surface area contributed by atoms with Gasteiger partial charge in [0.05, 0.1) is 39.6 Å². The number of ether oxygens (including phenoxy) is 1. The monoisotopic (exact) mass is 997 g/mol. The lowest BCUT2D eigenvalue weighted by atomic mass is 9.37. The molecule has 0 N–H and O–H groups in total. The zero-order valence-electron chi connectivity index (χ0n) is 44.1. The highest BCUT2D eigenvalue weighted by Crippen LogP contribution is 2.57. The summed E-state index contributed by atoms with van der Waals surface area (Å²) < 4.78 is 22.2. The van der Waals surface area contributed by atoms with Crippen molar-refractivity contribution in [2.75, 3.05) is 14.7 Å². The first kappa shape index (κ1) is 46.3. The lowest BCUT2D eigenvalue weighted by Crippen LogP contribution is -2.60. The van der Waals surface area contributed by atoms with Gasteiger partial charge < -0.3 is 28.3 Å². The van der Waals surface area contributed by atoms with E-state index in [1.54, 1.807) is 0 Å². The van der Waals surface area contributed by atoms with Gasteiger partial charge in [0, 0.05) is 33.9 Å². The summed E-state index contributed by atoms with van der Waals surface area (Å²) >= 11 is 0. The Morgan fingerprint density at radius 3 is 1.06 bits per heavy atom. The van der Waals surface area contributed by atoms with Crippen LogP contribution < -0.4 is 36.2 Å². The summed E-state index contributed by atoms with van der Waals surface area (Å²) in [6, 6.07) is 82.5. The molecule has 3 aliphatic heterocycles. The van der Waals surface area contributed by atoms with Gasteiger partial charge in [-0.1, -0.05) is 211 Å². The van der Waals surface area contributed by atoms with E-state index >= 15 is 0 Å². The second kappa shape index (κ2) is 17.7. The van der Waals surface area contributed by atoms with Crippen LogP contribution in [-0.2, 0) is 10.8 Å². The minimum Gasteiger partial charge on any atom is -0.467 e. The van der Waals surface area contributed by atoms with Crippen LogP contribution in [0.2, 0.25) is 0 Å². The van der Waals surface area contributed by atoms with Crippen molar-refractivity contribution >= 4 is 74.7 Å². The van der Waals surface area contributed by atoms with E-state index in [4.69, 9.17) is 13.6 Å². The van der Waals surface area contributed by atoms with Crippen molar-refractivity contribution in [2.24, 2.45) is 0 Å². The molecule has 0 saturated heterocycles. The van der Waals surface area contributed by atoms with Crippen molar-refractivity contribution in [1.29, 1.82) is 0 Å². The fraction of sp³-hybridized carbons (Fsp3) is 0.114. The van der Waals surface area contributed by atoms with E-state index in [1.165, 1.54) is 11.1 Å². The quantitative estimate of drug-likeness (QED) is 0.148. The van der Waals surface area contributed by atoms with Crippen molar-refractivity contribution in [1.82, 2.24) is 0 Å². The number of anilines is 9. The van der Waals surface area contributed by atoms with Gasteiger partial charge in [-0.25, -0.2) is 0 Å². The van der Waals surface area contributed by atoms with Gasteiger partial charge in [-0.2, -0.15) is 0 Å². The summed E-state index contributed by atoms with van der Waals surface area (Å²) in [5.41, 5.74) is 20.0. The standard InChI is InChI=1S/C70H56BN3O3/c1-69(2,3)49-35-39-51(40-36-49)73-56-43-53(72-54-31-19-21-33-58(54)75-59-34-22-20-32-55(59)72)44-57-62(56)71(67-63(73)60(45-23-11-7-12-24-45)65(76-67)47-27-15-9-16-28-47)68-64(74(57)52-41-37-50(38-42-52)70(4,5)6)61(46-25-13-8-14-26-46)66(77-68)48-29-17-10-18-30-48/h7-44H,1-6H3. The molecule has 0 radical (unpaired) electrons. The molecule has 0 bridgehead atoms. The van der Waals surface area contributed by atoms with Crippen LogP contribution in [0.5, 0.6) is 11.5 Å². The van der Waals surface area contributed by atoms with Gasteiger partial charge in [0.15, 0.2) is 11.5 Å². The van der Waals surface area contributed by atoms with Gasteiger partial charge in [-0.05, 0) is 99.2 Å². The molecule has 372 valence electrons. The second-order valence-electron chi connectivity index (χ2n) is 22.5. The van der Waals surface area contributed by atoms with E-state index in [-0.39, 0.29) is 10.8 Å². The molecular formula is C70H56BN3O3. The van der Waals surface area contributed by atoms with Crippen LogP contribution in [0.15, 0.2) is 239 Å². The molecule has 0 amide bonds. The first-order valence-electron chi connectivity index (χ1n) is 26.7. The zero-order valence-corrected chi connectivity index (χ0v) is 44.1. The normalized spacial score (nSPS) is 13.3. The Morgan fingerprint density at radius 2 is 0.688 bits per heavy atom. The average molecular weight is 998 g/mol. The van der Waals surface area contributed by atoms with Gasteiger partial charge in [-0.3, -0.25) is 0 Å². The number of rotatable bonds is 7. The van der Waals surface area contributed by atoms with Crippen molar-refractivity contribution in [3.05, 3.63) is 242 Å². The number of furan rings is 2. The minimum absolute atomic E-state index is 0.0656. The molecule has 2 aromatic heterocycles. The predicted octanol–water partition coefficient (Wildman–Crippen LogP) is 17.8. The van der Waals surface area contributed by atoms with Crippen LogP contribution in [0.1, 0.15) is 52.7 Å². The zero-order chi connectivity index (χ0) is 52.2. The third-order valence-electron chi connectivity index (χ3n) is 15.6. The summed E-state index contributed by atoms with van der Waals surface area (Å²) in [6.07, 6.45) is 0. The van der Waals surface area contributed by atoms with Gasteiger partial charge in [0.25, 0.3) is 0 Å². The van der Waals surface area contributed by atoms with Gasteiger partial charge in [-0.15, -0.1) is 0 Å². The highest BCUT2D eigenvalue weighted by atomic mass is 16.5. The van der Waals surface area contributed by atoms with E-state index in [1.807, 2.05) is 12.1 Å². The van der Waals surface area contributed by atoms with Crippen LogP contribution in [-0.4, -0.2) is 6.71 Å². The number of benzene rings is 9. The first-order valence-corrected chi connectivity index (χ1v) is 26.7. The maximum absolute atomic E-state index is 7.76. The molecule has 0 aliphatic carbocycles. The second-order valence-corrected chi connectivity index (χ2v) is 22.5. The van der Waals surface area contributed by atoms with E-state index in [2.05, 4.69) is 275 Å². The van der Waals surface area contributed by atoms with E-state index in [0.29, 0.717) is 0 Å². The van der Waals surface area contributed by atoms with E-state index < -0.39 is 6.71 Å². The Hall–Kier alpha value is -9.20. The molecule has 0 saturated carbocycles. The lowest BCUT2D eigenvalue weighted by molar-refractivity contribution is 0.477. The first-order chi connectivity index (χ1) is 37.5. The Balaban J connectivity index is 1.18. The highest BCUT2D eigenvalue weighted by molar-refractivity contribution is 6.99. The van der Waals surface area contributed by atoms with E-state index in [0.717, 1.165) is 124 Å². The fourth-order valence-corrected chi connectivity index (χ4v) is 11.8. The van der Waals surface area contributed by atoms with Crippen molar-refractivity contribution in [2.45, 2.75) is 52.4 Å². The third-order valence-corrected chi connectivity index (χ3v) is 15.6. The Labute approximate surface area is 451 Å². The molecular weight excluding hydrogens is 942 g/mol. The van der Waals surface area contributed by atoms with Gasteiger partial charge in [0.1, 0.15) is 22.8 Å². The average Bonchev–Trinajstić information content (AvgIpc) is 4.29. The molecule has 14 rings (SSSR count). The van der Waals surface area contributed by atoms with Crippen molar-refractivity contribution < 1.29 is 13.6 Å². The summed E-state index contributed by atoms with van der Waals surface area (Å²) in [7, 11) is 0. The molecule has 11 aromatic rings.